The van der Waals surface area contributed by atoms with Crippen molar-refractivity contribution < 1.29 is 38.8 Å². The van der Waals surface area contributed by atoms with Crippen molar-refractivity contribution in [3.8, 4) is 23.0 Å². The normalized spacial score (nSPS) is 12.7. The van der Waals surface area contributed by atoms with Crippen molar-refractivity contribution in [3.05, 3.63) is 83.4 Å². The predicted molar refractivity (Wildman–Crippen MR) is 145 cm³/mol. The maximum atomic E-state index is 12.0. The van der Waals surface area contributed by atoms with Crippen LogP contribution < -0.4 is 19.5 Å². The molecule has 0 bridgehead atoms. The summed E-state index contributed by atoms with van der Waals surface area (Å²) >= 11 is 0.622. The fourth-order valence-corrected chi connectivity index (χ4v) is 4.30. The zero-order valence-electron chi connectivity index (χ0n) is 21.0. The van der Waals surface area contributed by atoms with Crippen molar-refractivity contribution in [3.63, 3.8) is 0 Å². The molecule has 1 atom stereocenters. The van der Waals surface area contributed by atoms with Gasteiger partial charge in [0, 0.05) is 12.5 Å². The number of carboxylic acids is 1. The van der Waals surface area contributed by atoms with Crippen molar-refractivity contribution in [1.29, 1.82) is 0 Å². The van der Waals surface area contributed by atoms with Crippen LogP contribution in [0.25, 0.3) is 11.6 Å². The molecule has 3 rings (SSSR count). The third-order valence-electron chi connectivity index (χ3n) is 5.26. The molecule has 0 spiro atoms. The number of imide groups is 1. The molecule has 3 aromatic carbocycles. The first-order chi connectivity index (χ1) is 18.1. The van der Waals surface area contributed by atoms with Gasteiger partial charge in [0.1, 0.15) is 27.9 Å². The highest BCUT2D eigenvalue weighted by Gasteiger charge is 2.25. The van der Waals surface area contributed by atoms with Crippen molar-refractivity contribution in [2.24, 2.45) is 0 Å². The number of methoxy groups -OCH3 is 2. The van der Waals surface area contributed by atoms with E-state index in [2.05, 4.69) is 0 Å². The molecule has 9 nitrogen and oxygen atoms in total. The molecule has 0 aromatic heterocycles. The Labute approximate surface area is 224 Å². The van der Waals surface area contributed by atoms with Crippen LogP contribution in [0.1, 0.15) is 23.6 Å². The van der Waals surface area contributed by atoms with Gasteiger partial charge in [0.05, 0.1) is 19.8 Å². The number of carboxylic acid groups (broad SMARTS) is 1. The molecule has 198 valence electrons. The molecule has 0 aliphatic heterocycles. The molecular formula is C28H27NO8S. The van der Waals surface area contributed by atoms with Gasteiger partial charge in [0.15, 0.2) is 0 Å². The van der Waals surface area contributed by atoms with Crippen LogP contribution in [-0.2, 0) is 16.0 Å². The number of hydrogen-bond donors (Lipinski definition) is 3. The molecule has 0 saturated heterocycles. The van der Waals surface area contributed by atoms with Gasteiger partial charge in [-0.1, -0.05) is 24.3 Å². The third-order valence-corrected chi connectivity index (χ3v) is 6.15. The highest BCUT2D eigenvalue weighted by Crippen LogP contribution is 2.30. The summed E-state index contributed by atoms with van der Waals surface area (Å²) in [4.78, 5) is 32.5. The fourth-order valence-electron chi connectivity index (χ4n) is 3.55. The van der Waals surface area contributed by atoms with Crippen molar-refractivity contribution in [2.45, 2.75) is 18.3 Å². The molecule has 0 fully saturated rings. The third kappa shape index (κ3) is 8.12. The summed E-state index contributed by atoms with van der Waals surface area (Å²) < 4.78 is 16.4. The quantitative estimate of drug-likeness (QED) is 0.134. The van der Waals surface area contributed by atoms with E-state index in [0.29, 0.717) is 45.9 Å². The van der Waals surface area contributed by atoms with Gasteiger partial charge in [-0.05, 0) is 77.9 Å². The average Bonchev–Trinajstić information content (AvgIpc) is 2.88. The van der Waals surface area contributed by atoms with Gasteiger partial charge in [0.25, 0.3) is 5.24 Å². The summed E-state index contributed by atoms with van der Waals surface area (Å²) in [5.74, 6) is 1.03. The van der Waals surface area contributed by atoms with E-state index in [0.717, 1.165) is 5.56 Å². The zero-order valence-corrected chi connectivity index (χ0v) is 21.8. The minimum absolute atomic E-state index is 0.0861. The molecule has 3 N–H and O–H groups in total. The number of hydrogen-bond acceptors (Lipinski definition) is 8. The van der Waals surface area contributed by atoms with E-state index in [4.69, 9.17) is 14.2 Å². The molecule has 0 aliphatic carbocycles. The first-order valence-corrected chi connectivity index (χ1v) is 12.1. The topological polar surface area (TPSA) is 131 Å². The van der Waals surface area contributed by atoms with Gasteiger partial charge in [0.2, 0.25) is 6.41 Å². The Morgan fingerprint density at radius 1 is 0.921 bits per heavy atom. The van der Waals surface area contributed by atoms with E-state index < -0.39 is 16.1 Å². The van der Waals surface area contributed by atoms with E-state index in [9.17, 15) is 24.6 Å². The summed E-state index contributed by atoms with van der Waals surface area (Å²) in [6.07, 6.45) is 1.97. The fraction of sp³-hybridized carbons (Fsp3) is 0.179. The van der Waals surface area contributed by atoms with Crippen LogP contribution in [-0.4, -0.2) is 47.0 Å². The number of rotatable bonds is 11. The second-order valence-electron chi connectivity index (χ2n) is 8.28. The highest BCUT2D eigenvalue weighted by atomic mass is 32.2. The van der Waals surface area contributed by atoms with E-state index in [1.807, 2.05) is 5.32 Å². The Kier molecular flexibility index (Phi) is 9.53. The minimum atomic E-state index is -1.41. The van der Waals surface area contributed by atoms with Gasteiger partial charge >= 0.3 is 5.97 Å². The lowest BCUT2D eigenvalue weighted by molar-refractivity contribution is -0.130. The molecule has 10 heteroatoms. The lowest BCUT2D eigenvalue weighted by Crippen LogP contribution is -2.29. The maximum Gasteiger partial charge on any atom is 0.336 e. The van der Waals surface area contributed by atoms with Crippen LogP contribution in [0.3, 0.4) is 0 Å². The Bertz CT molecular complexity index is 1300. The number of carbonyl (C=O) groups is 3. The summed E-state index contributed by atoms with van der Waals surface area (Å²) in [5.41, 5.74) is 1.94. The largest absolute Gasteiger partial charge is 0.497 e. The van der Waals surface area contributed by atoms with Gasteiger partial charge < -0.3 is 24.4 Å². The molecule has 0 aliphatic rings. The molecule has 3 aromatic rings. The molecular weight excluding hydrogens is 510 g/mol. The van der Waals surface area contributed by atoms with E-state index in [-0.39, 0.29) is 18.4 Å². The van der Waals surface area contributed by atoms with Gasteiger partial charge in [-0.2, -0.15) is 0 Å². The lowest BCUT2D eigenvalue weighted by atomic mass is 10.0. The summed E-state index contributed by atoms with van der Waals surface area (Å²) in [6, 6.07) is 18.7. The maximum absolute atomic E-state index is 12.0. The van der Waals surface area contributed by atoms with Gasteiger partial charge in [-0.3, -0.25) is 14.9 Å². The van der Waals surface area contributed by atoms with Crippen LogP contribution in [0, 0.1) is 0 Å². The Balaban J connectivity index is 1.71. The summed E-state index contributed by atoms with van der Waals surface area (Å²) in [7, 11) is 3.04. The minimum Gasteiger partial charge on any atom is -0.497 e. The standard InChI is InChI=1S/C28H27NO8S/c1-28(34,38-27(33)29-17-30)16-18-4-8-21(9-5-18)37-22-10-6-20(7-11-22)25(26(31)32)14-19-12-23(35-2)15-24(13-19)36-3/h4-15,17,34H,16H2,1-3H3,(H,31,32)(H,29,30,33)/b25-14+. The molecule has 38 heavy (non-hydrogen) atoms. The first-order valence-electron chi connectivity index (χ1n) is 11.3. The van der Waals surface area contributed by atoms with Crippen molar-refractivity contribution >= 4 is 41.0 Å². The highest BCUT2D eigenvalue weighted by molar-refractivity contribution is 8.14. The van der Waals surface area contributed by atoms with Crippen LogP contribution in [0.5, 0.6) is 23.0 Å². The summed E-state index contributed by atoms with van der Waals surface area (Å²) in [6.45, 7) is 1.48. The second-order valence-corrected chi connectivity index (χ2v) is 9.74. The van der Waals surface area contributed by atoms with Gasteiger partial charge in [-0.15, -0.1) is 0 Å². The zero-order chi connectivity index (χ0) is 27.7. The van der Waals surface area contributed by atoms with E-state index in [1.165, 1.54) is 27.2 Å². The number of thioether (sulfide) groups is 1. The van der Waals surface area contributed by atoms with Crippen LogP contribution in [0.4, 0.5) is 4.79 Å². The van der Waals surface area contributed by atoms with Crippen LogP contribution >= 0.6 is 11.8 Å². The molecule has 0 heterocycles. The van der Waals surface area contributed by atoms with Crippen LogP contribution in [0.2, 0.25) is 0 Å². The number of benzene rings is 3. The smallest absolute Gasteiger partial charge is 0.336 e. The second kappa shape index (κ2) is 12.8. The Morgan fingerprint density at radius 2 is 1.47 bits per heavy atom. The molecule has 0 radical (unpaired) electrons. The summed E-state index contributed by atoms with van der Waals surface area (Å²) in [5, 5.41) is 21.6. The molecule has 2 amide bonds. The molecule has 1 unspecified atom stereocenters. The number of aliphatic carboxylic acids is 1. The van der Waals surface area contributed by atoms with E-state index in [1.54, 1.807) is 66.7 Å². The number of aliphatic hydroxyl groups is 1. The van der Waals surface area contributed by atoms with Crippen molar-refractivity contribution in [1.82, 2.24) is 5.32 Å². The SMILES string of the molecule is COc1cc(/C=C(/C(=O)O)c2ccc(Oc3ccc(CC(C)(O)SC(=O)NC=O)cc3)cc2)cc(OC)c1. The molecule has 0 saturated carbocycles. The predicted octanol–water partition coefficient (Wildman–Crippen LogP) is 4.97. The monoisotopic (exact) mass is 537 g/mol. The van der Waals surface area contributed by atoms with Crippen molar-refractivity contribution in [2.75, 3.05) is 14.2 Å². The first kappa shape index (κ1) is 28.3. The van der Waals surface area contributed by atoms with Gasteiger partial charge in [-0.25, -0.2) is 4.79 Å². The Morgan fingerprint density at radius 3 is 1.97 bits per heavy atom. The number of nitrogens with one attached hydrogen (secondary N) is 1. The average molecular weight is 538 g/mol. The number of carbonyl (C=O) groups excluding carboxylic acids is 2. The van der Waals surface area contributed by atoms with E-state index >= 15 is 0 Å². The van der Waals surface area contributed by atoms with Crippen LogP contribution in [0.15, 0.2) is 66.7 Å². The number of amides is 2. The Hall–Kier alpha value is -4.28. The number of ether oxygens (including phenoxy) is 3. The lowest BCUT2D eigenvalue weighted by Gasteiger charge is -2.21.